The first-order valence-corrected chi connectivity index (χ1v) is 49.5. The van der Waals surface area contributed by atoms with Crippen LogP contribution >= 0.6 is 85.5 Å². The molecule has 0 aliphatic carbocycles. The van der Waals surface area contributed by atoms with Gasteiger partial charge in [-0.1, -0.05) is 118 Å². The number of ketones is 2. The number of hydrogen-bond acceptors (Lipinski definition) is 27. The first-order valence-electron chi connectivity index (χ1n) is 40.7. The lowest BCUT2D eigenvalue weighted by molar-refractivity contribution is -0.138. The molecule has 770 valence electrons. The van der Waals surface area contributed by atoms with Crippen LogP contribution in [0.1, 0.15) is 81.4 Å². The summed E-state index contributed by atoms with van der Waals surface area (Å²) in [6.45, 7) is 0.806. The second kappa shape index (κ2) is 51.0. The second-order valence-electron chi connectivity index (χ2n) is 29.6. The van der Waals surface area contributed by atoms with E-state index in [1.807, 2.05) is 102 Å². The number of aromatic nitrogens is 6. The fourth-order valence-electron chi connectivity index (χ4n) is 12.8. The van der Waals surface area contributed by atoms with Crippen LogP contribution in [0.2, 0.25) is 30.1 Å². The maximum Gasteiger partial charge on any atom is 0.417 e. The Bertz CT molecular complexity index is 7150. The van der Waals surface area contributed by atoms with Crippen LogP contribution in [0.3, 0.4) is 0 Å². The first-order chi connectivity index (χ1) is 68.1. The zero-order chi connectivity index (χ0) is 107. The van der Waals surface area contributed by atoms with Gasteiger partial charge in [-0.25, -0.2) is 68.8 Å². The minimum atomic E-state index is -4.94. The number of carbonyl (C=O) groups excluding carboxylic acids is 3. The normalized spacial score (nSPS) is 11.5. The number of nitrogen functional groups attached to an aromatic ring is 1. The summed E-state index contributed by atoms with van der Waals surface area (Å²) in [7, 11) is -6.59. The van der Waals surface area contributed by atoms with Crippen LogP contribution in [0.5, 0.6) is 23.0 Å². The monoisotopic (exact) mass is 2280 g/mol. The molecule has 145 heavy (non-hydrogen) atoms. The summed E-state index contributed by atoms with van der Waals surface area (Å²) in [5, 5.41) is -0.706. The van der Waals surface area contributed by atoms with Gasteiger partial charge >= 0.3 is 28.9 Å². The number of pyridine rings is 6. The summed E-state index contributed by atoms with van der Waals surface area (Å²) in [5.41, 5.74) is 4.95. The van der Waals surface area contributed by atoms with E-state index in [0.29, 0.717) is 77.4 Å². The van der Waals surface area contributed by atoms with Gasteiger partial charge in [0.2, 0.25) is 11.6 Å². The summed E-state index contributed by atoms with van der Waals surface area (Å²) < 4.78 is 265. The van der Waals surface area contributed by atoms with Crippen molar-refractivity contribution >= 4 is 178 Å². The van der Waals surface area contributed by atoms with Crippen molar-refractivity contribution in [1.29, 1.82) is 0 Å². The molecule has 13 rings (SSSR count). The Balaban J connectivity index is 0.000000220. The zero-order valence-corrected chi connectivity index (χ0v) is 85.6. The lowest BCUT2D eigenvalue weighted by atomic mass is 10.1. The molecule has 6 heterocycles. The van der Waals surface area contributed by atoms with Crippen molar-refractivity contribution in [2.24, 2.45) is 0 Å². The smallest absolute Gasteiger partial charge is 0.417 e. The molecule has 0 radical (unpaired) electrons. The summed E-state index contributed by atoms with van der Waals surface area (Å²) in [4.78, 5) is 71.3. The summed E-state index contributed by atoms with van der Waals surface area (Å²) >= 11 is 37.9. The topological polar surface area (TPSA) is 424 Å². The molecule has 6 aromatic heterocycles. The van der Waals surface area contributed by atoms with E-state index in [9.17, 15) is 79.2 Å². The van der Waals surface area contributed by atoms with E-state index in [0.717, 1.165) is 92.9 Å². The predicted molar refractivity (Wildman–Crippen MR) is 528 cm³/mol. The number of carbonyl (C=O) groups is 3. The predicted octanol–water partition coefficient (Wildman–Crippen LogP) is 20.7. The number of nitrogens with two attached hydrogens (primary N) is 1. The number of rotatable bonds is 33. The van der Waals surface area contributed by atoms with Gasteiger partial charge in [0.15, 0.2) is 0 Å². The van der Waals surface area contributed by atoms with Crippen LogP contribution in [-0.4, -0.2) is 165 Å². The SMILES string of the molecule is COCN(c1cc(Cl)cnc1Br)S(=O)(=O)c1ccc(Cl)c(C(F)(F)F)c1.COCN(c1cc(Cl)cnc1C(=O)c1ccnc(N(Cc2ccc(OC)cc2)Cc2ccc(OC)cc2)c1)S(=O)(=O)c1ccc(Cl)c(C(F)(F)F)c1.COc1ccc(CN(Cc2ccc(OC)cc2)c2cc(C(=O)N(C)OC)ccn2)cc1.Nc1cc(C(=O)c2ncc(Cl)cc2NS(=O)(=O)c2ccc(Cl)c(C(F)(F)F)c2)ccn1.O=S(=O)(O)O. The Hall–Kier alpha value is -12.6. The number of hydroxylamine groups is 2. The van der Waals surface area contributed by atoms with E-state index < -0.39 is 130 Å². The van der Waals surface area contributed by atoms with Gasteiger partial charge in [-0.05, 0) is 196 Å². The molecule has 0 saturated carbocycles. The molecule has 53 heteroatoms. The Morgan fingerprint density at radius 2 is 0.731 bits per heavy atom. The quantitative estimate of drug-likeness (QED) is 0.00741. The highest BCUT2D eigenvalue weighted by molar-refractivity contribution is 9.10. The third-order valence-electron chi connectivity index (χ3n) is 19.8. The van der Waals surface area contributed by atoms with E-state index >= 15 is 0 Å². The van der Waals surface area contributed by atoms with Crippen molar-refractivity contribution in [2.45, 2.75) is 59.4 Å². The summed E-state index contributed by atoms with van der Waals surface area (Å²) in [6.07, 6.45) is -6.74. The molecule has 13 aromatic rings. The van der Waals surface area contributed by atoms with Gasteiger partial charge in [-0.2, -0.15) is 47.9 Å². The number of methoxy groups -OCH3 is 6. The third kappa shape index (κ3) is 32.5. The number of nitrogens with one attached hydrogen (secondary N) is 1. The minimum absolute atomic E-state index is 0.00265. The van der Waals surface area contributed by atoms with Crippen LogP contribution in [0.15, 0.2) is 263 Å². The molecular formula is C92H81BrCl6F9N13O20S4. The average molecular weight is 2280 g/mol. The maximum absolute atomic E-state index is 14.2. The van der Waals surface area contributed by atoms with Crippen molar-refractivity contribution in [2.75, 3.05) is 99.1 Å². The molecular weight excluding hydrogens is 2200 g/mol. The van der Waals surface area contributed by atoms with Crippen LogP contribution in [0, 0.1) is 0 Å². The molecule has 0 aliphatic rings. The molecule has 0 fully saturated rings. The Morgan fingerprint density at radius 3 is 1.10 bits per heavy atom. The number of hydrogen-bond donors (Lipinski definition) is 4. The van der Waals surface area contributed by atoms with E-state index in [4.69, 9.17) is 126 Å². The van der Waals surface area contributed by atoms with Gasteiger partial charge < -0.3 is 44.0 Å². The lowest BCUT2D eigenvalue weighted by Gasteiger charge is -2.26. The summed E-state index contributed by atoms with van der Waals surface area (Å²) in [5.74, 6) is 2.47. The summed E-state index contributed by atoms with van der Waals surface area (Å²) in [6, 6.07) is 49.9. The number of amides is 1. The molecule has 0 atom stereocenters. The molecule has 33 nitrogen and oxygen atoms in total. The van der Waals surface area contributed by atoms with Crippen LogP contribution in [-0.2, 0) is 99.5 Å². The molecule has 0 unspecified atom stereocenters. The highest BCUT2D eigenvalue weighted by atomic mass is 79.9. The standard InChI is InChI=1S/C36H31Cl2F3N4O6S.C24H27N3O4.C18H11Cl2F3N4O3S.C14H10BrCl2F3N2O3S.H2O4S/c1-49-22-45(52(47,48)29-12-13-31(38)30(18-29)36(39,40)41)32-17-26(37)19-43-34(32)35(46)25-14-15-42-33(16-25)44(20-23-4-8-27(50-2)9-5-23)21-24-6-10-28(51-3)11-7-24;1-26(31-4)24(28)20-13-14-25-23(15-20)27(16-18-5-9-21(29-2)10-6-18)17-19-7-11-22(30-3)12-8-19;19-10-6-14(16(26-8-10)17(28)9-3-4-25-15(24)5-9)27-31(29,30)11-1-2-13(20)12(7-11)18(21,22)23;1-25-7-22(12-4-8(16)6-21-13(12)15)26(23,24)9-2-3-11(17)10(5-9)14(18,19)20;1-5(2,3)4/h4-19H,20-22H2,1-3H3;5-15H,16-17H2,1-4H3;1-8,27H,(H2,24,25);2-6H,7H2,1H3;(H2,1,2,3,4). The maximum atomic E-state index is 14.2. The Morgan fingerprint density at radius 1 is 0.407 bits per heavy atom. The molecule has 0 bridgehead atoms. The number of ether oxygens (including phenoxy) is 6. The lowest BCUT2D eigenvalue weighted by Crippen LogP contribution is -2.34. The molecule has 1 amide bonds. The van der Waals surface area contributed by atoms with E-state index in [-0.39, 0.29) is 71.0 Å². The average Bonchev–Trinajstić information content (AvgIpc) is 0.759. The van der Waals surface area contributed by atoms with Crippen molar-refractivity contribution < 1.29 is 130 Å². The third-order valence-corrected chi connectivity index (χ3v) is 26.8. The van der Waals surface area contributed by atoms with Gasteiger partial charge in [-0.15, -0.1) is 0 Å². The van der Waals surface area contributed by atoms with Gasteiger partial charge in [-0.3, -0.25) is 33.0 Å². The number of sulfonamides is 3. The number of halogens is 16. The highest BCUT2D eigenvalue weighted by Gasteiger charge is 2.40. The van der Waals surface area contributed by atoms with Crippen molar-refractivity contribution in [3.05, 3.63) is 345 Å². The number of benzene rings is 7. The molecule has 0 spiro atoms. The zero-order valence-electron chi connectivity index (χ0n) is 76.3. The van der Waals surface area contributed by atoms with Gasteiger partial charge in [0.1, 0.15) is 69.9 Å². The van der Waals surface area contributed by atoms with Gasteiger partial charge in [0.25, 0.3) is 36.0 Å². The largest absolute Gasteiger partial charge is 0.497 e. The van der Waals surface area contributed by atoms with Crippen LogP contribution < -0.4 is 47.8 Å². The fourth-order valence-corrected chi connectivity index (χ4v) is 18.4. The number of anilines is 6. The minimum Gasteiger partial charge on any atom is -0.497 e. The Labute approximate surface area is 863 Å². The fraction of sp³-hybridized carbons (Fsp3) is 0.185. The number of nitrogens with zero attached hydrogens (tertiary/aromatic N) is 11. The van der Waals surface area contributed by atoms with Crippen molar-refractivity contribution in [3.8, 4) is 23.0 Å². The van der Waals surface area contributed by atoms with Crippen LogP contribution in [0.25, 0.3) is 0 Å². The van der Waals surface area contributed by atoms with Crippen molar-refractivity contribution in [1.82, 2.24) is 35.0 Å². The van der Waals surface area contributed by atoms with Gasteiger partial charge in [0, 0.05) is 101 Å². The second-order valence-corrected chi connectivity index (χ2v) is 39.2. The van der Waals surface area contributed by atoms with E-state index in [1.54, 1.807) is 59.9 Å². The van der Waals surface area contributed by atoms with E-state index in [2.05, 4.69) is 55.5 Å². The Kier molecular flexibility index (Phi) is 40.8. The first kappa shape index (κ1) is 116. The van der Waals surface area contributed by atoms with Crippen molar-refractivity contribution in [3.63, 3.8) is 0 Å². The molecule has 0 saturated heterocycles. The molecule has 5 N–H and O–H groups in total. The van der Waals surface area contributed by atoms with Gasteiger partial charge in [0.05, 0.1) is 114 Å². The van der Waals surface area contributed by atoms with E-state index in [1.165, 1.54) is 75.3 Å². The molecule has 0 aliphatic heterocycles. The highest BCUT2D eigenvalue weighted by Crippen LogP contribution is 2.43. The van der Waals surface area contributed by atoms with Crippen LogP contribution in [0.4, 0.5) is 74.0 Å². The number of alkyl halides is 9. The molecule has 7 aromatic carbocycles.